The summed E-state index contributed by atoms with van der Waals surface area (Å²) in [5.74, 6) is 0. The van der Waals surface area contributed by atoms with Crippen LogP contribution in [0.1, 0.15) is 24.8 Å². The summed E-state index contributed by atoms with van der Waals surface area (Å²) >= 11 is 5.38. The van der Waals surface area contributed by atoms with E-state index in [0.717, 1.165) is 43.2 Å². The van der Waals surface area contributed by atoms with Crippen LogP contribution in [0.4, 0.5) is 0 Å². The number of nitrogens with one attached hydrogen (secondary N) is 1. The molecule has 0 saturated carbocycles. The highest BCUT2D eigenvalue weighted by molar-refractivity contribution is 8.14. The number of benzene rings is 1. The van der Waals surface area contributed by atoms with Gasteiger partial charge in [-0.05, 0) is 49.1 Å². The third kappa shape index (κ3) is 4.23. The van der Waals surface area contributed by atoms with E-state index in [1.165, 1.54) is 0 Å². The molecule has 1 heterocycles. The lowest BCUT2D eigenvalue weighted by Gasteiger charge is -2.28. The first-order valence-corrected chi connectivity index (χ1v) is 9.30. The summed E-state index contributed by atoms with van der Waals surface area (Å²) in [5, 5.41) is 3.90. The molecule has 0 spiro atoms. The maximum Gasteiger partial charge on any atom is 0.158 e. The number of ether oxygens (including phenoxy) is 1. The van der Waals surface area contributed by atoms with E-state index in [2.05, 4.69) is 11.7 Å². The molecule has 2 unspecified atom stereocenters. The Kier molecular flexibility index (Phi) is 5.31. The van der Waals surface area contributed by atoms with Gasteiger partial charge >= 0.3 is 0 Å². The smallest absolute Gasteiger partial charge is 0.158 e. The van der Waals surface area contributed by atoms with Crippen molar-refractivity contribution in [2.75, 3.05) is 6.61 Å². The van der Waals surface area contributed by atoms with E-state index in [1.807, 2.05) is 30.3 Å². The summed E-state index contributed by atoms with van der Waals surface area (Å²) in [4.78, 5) is 10.5. The van der Waals surface area contributed by atoms with Crippen LogP contribution < -0.4 is 10.4 Å². The minimum absolute atomic E-state index is 0.118. The second kappa shape index (κ2) is 6.78. The Bertz CT molecular complexity index is 486. The molecule has 1 aliphatic heterocycles. The zero-order valence-electron chi connectivity index (χ0n) is 10.9. The van der Waals surface area contributed by atoms with Gasteiger partial charge in [0.1, 0.15) is 6.23 Å². The van der Waals surface area contributed by atoms with Crippen LogP contribution in [0, 0.1) is 0 Å². The SMILES string of the molecule is C=CCc1cccc(P(O)(=S)NC2CCCCO2)c1. The molecule has 3 nitrogen and oxygen atoms in total. The van der Waals surface area contributed by atoms with Gasteiger partial charge in [0.2, 0.25) is 0 Å². The molecule has 1 aliphatic rings. The highest BCUT2D eigenvalue weighted by Crippen LogP contribution is 2.36. The van der Waals surface area contributed by atoms with E-state index in [-0.39, 0.29) is 6.23 Å². The van der Waals surface area contributed by atoms with Crippen molar-refractivity contribution in [3.63, 3.8) is 0 Å². The number of allylic oxidation sites excluding steroid dienone is 1. The van der Waals surface area contributed by atoms with Crippen LogP contribution in [0.25, 0.3) is 0 Å². The Hall–Kier alpha value is -0.510. The highest BCUT2D eigenvalue weighted by atomic mass is 32.4. The molecule has 5 heteroatoms. The lowest BCUT2D eigenvalue weighted by molar-refractivity contribution is 0.00910. The van der Waals surface area contributed by atoms with Crippen molar-refractivity contribution in [3.8, 4) is 0 Å². The van der Waals surface area contributed by atoms with Crippen LogP contribution >= 0.6 is 6.42 Å². The van der Waals surface area contributed by atoms with Gasteiger partial charge in [0, 0.05) is 11.9 Å². The molecule has 0 amide bonds. The molecule has 1 fully saturated rings. The number of hydrogen-bond donors (Lipinski definition) is 2. The molecular formula is C14H20NO2PS. The lowest BCUT2D eigenvalue weighted by Crippen LogP contribution is -2.35. The van der Waals surface area contributed by atoms with Gasteiger partial charge in [-0.2, -0.15) is 0 Å². The quantitative estimate of drug-likeness (QED) is 0.647. The fourth-order valence-electron chi connectivity index (χ4n) is 2.15. The van der Waals surface area contributed by atoms with Crippen molar-refractivity contribution in [1.82, 2.24) is 5.09 Å². The predicted octanol–water partition coefficient (Wildman–Crippen LogP) is 2.46. The third-order valence-electron chi connectivity index (χ3n) is 3.14. The first-order chi connectivity index (χ1) is 9.12. The van der Waals surface area contributed by atoms with Crippen LogP contribution in [0.2, 0.25) is 0 Å². The van der Waals surface area contributed by atoms with E-state index >= 15 is 0 Å². The molecule has 0 aromatic heterocycles. The summed E-state index contributed by atoms with van der Waals surface area (Å²) in [5.41, 5.74) is 1.11. The summed E-state index contributed by atoms with van der Waals surface area (Å²) < 4.78 is 5.59. The van der Waals surface area contributed by atoms with E-state index in [4.69, 9.17) is 16.5 Å². The molecule has 0 radical (unpaired) electrons. The third-order valence-corrected chi connectivity index (χ3v) is 5.70. The Morgan fingerprint density at radius 2 is 2.37 bits per heavy atom. The fraction of sp³-hybridized carbons (Fsp3) is 0.429. The molecule has 104 valence electrons. The van der Waals surface area contributed by atoms with Gasteiger partial charge in [0.25, 0.3) is 0 Å². The molecule has 2 atom stereocenters. The molecule has 2 rings (SSSR count). The van der Waals surface area contributed by atoms with Gasteiger partial charge in [0.15, 0.2) is 6.42 Å². The standard InChI is InChI=1S/C14H20NO2PS/c1-2-6-12-7-5-8-13(11-12)18(16,19)15-14-9-3-4-10-17-14/h2,5,7-8,11,14H,1,3-4,6,9-10H2,(H2,15,16,19). The Balaban J connectivity index is 2.11. The van der Waals surface area contributed by atoms with Crippen LogP contribution in [-0.4, -0.2) is 17.7 Å². The molecule has 1 saturated heterocycles. The van der Waals surface area contributed by atoms with Crippen LogP contribution in [-0.2, 0) is 23.0 Å². The van der Waals surface area contributed by atoms with Crippen molar-refractivity contribution in [3.05, 3.63) is 42.5 Å². The first kappa shape index (κ1) is 14.9. The van der Waals surface area contributed by atoms with E-state index in [9.17, 15) is 4.89 Å². The first-order valence-electron chi connectivity index (χ1n) is 6.54. The Labute approximate surface area is 119 Å². The van der Waals surface area contributed by atoms with Crippen molar-refractivity contribution in [2.45, 2.75) is 31.9 Å². The maximum atomic E-state index is 10.5. The second-order valence-corrected chi connectivity index (χ2v) is 8.24. The Morgan fingerprint density at radius 1 is 1.53 bits per heavy atom. The Morgan fingerprint density at radius 3 is 3.05 bits per heavy atom. The zero-order chi connectivity index (χ0) is 13.7. The minimum Gasteiger partial charge on any atom is -0.363 e. The van der Waals surface area contributed by atoms with Crippen molar-refractivity contribution < 1.29 is 9.63 Å². The summed E-state index contributed by atoms with van der Waals surface area (Å²) in [7, 11) is 0. The van der Waals surface area contributed by atoms with Gasteiger partial charge in [-0.25, -0.2) is 5.09 Å². The average Bonchev–Trinajstić information content (AvgIpc) is 2.40. The number of hydrogen-bond acceptors (Lipinski definition) is 2. The highest BCUT2D eigenvalue weighted by Gasteiger charge is 2.23. The molecule has 2 N–H and O–H groups in total. The van der Waals surface area contributed by atoms with Crippen LogP contribution in [0.5, 0.6) is 0 Å². The van der Waals surface area contributed by atoms with Gasteiger partial charge in [-0.1, -0.05) is 24.3 Å². The monoisotopic (exact) mass is 297 g/mol. The molecular weight excluding hydrogens is 277 g/mol. The number of rotatable bonds is 5. The van der Waals surface area contributed by atoms with E-state index < -0.39 is 6.42 Å². The minimum atomic E-state index is -2.74. The average molecular weight is 297 g/mol. The molecule has 0 bridgehead atoms. The zero-order valence-corrected chi connectivity index (χ0v) is 12.6. The van der Waals surface area contributed by atoms with Crippen molar-refractivity contribution in [1.29, 1.82) is 0 Å². The fourth-order valence-corrected chi connectivity index (χ4v) is 4.22. The van der Waals surface area contributed by atoms with E-state index in [0.29, 0.717) is 0 Å². The molecule has 1 aromatic rings. The van der Waals surface area contributed by atoms with Gasteiger partial charge in [0.05, 0.1) is 0 Å². The van der Waals surface area contributed by atoms with Crippen molar-refractivity contribution in [2.24, 2.45) is 0 Å². The van der Waals surface area contributed by atoms with E-state index in [1.54, 1.807) is 0 Å². The van der Waals surface area contributed by atoms with Crippen LogP contribution in [0.15, 0.2) is 36.9 Å². The molecule has 0 aliphatic carbocycles. The molecule has 19 heavy (non-hydrogen) atoms. The van der Waals surface area contributed by atoms with Crippen LogP contribution in [0.3, 0.4) is 0 Å². The second-order valence-electron chi connectivity index (χ2n) is 4.72. The topological polar surface area (TPSA) is 41.5 Å². The predicted molar refractivity (Wildman–Crippen MR) is 83.2 cm³/mol. The summed E-state index contributed by atoms with van der Waals surface area (Å²) in [6.07, 6.45) is 2.88. The molecule has 1 aromatic carbocycles. The van der Waals surface area contributed by atoms with Gasteiger partial charge < -0.3 is 9.63 Å². The van der Waals surface area contributed by atoms with Gasteiger partial charge in [-0.15, -0.1) is 6.58 Å². The normalized spacial score (nSPS) is 22.7. The largest absolute Gasteiger partial charge is 0.363 e. The summed E-state index contributed by atoms with van der Waals surface area (Å²) in [6.45, 7) is 4.47. The van der Waals surface area contributed by atoms with Crippen molar-refractivity contribution >= 4 is 23.5 Å². The maximum absolute atomic E-state index is 10.5. The lowest BCUT2D eigenvalue weighted by atomic mass is 10.2. The summed E-state index contributed by atoms with van der Waals surface area (Å²) in [6, 6.07) is 7.77. The van der Waals surface area contributed by atoms with Gasteiger partial charge in [-0.3, -0.25) is 0 Å².